The average Bonchev–Trinajstić information content (AvgIpc) is 3.08. The molecule has 0 unspecified atom stereocenters. The van der Waals surface area contributed by atoms with Crippen molar-refractivity contribution in [1.29, 1.82) is 0 Å². The van der Waals surface area contributed by atoms with E-state index in [9.17, 15) is 22.4 Å². The Morgan fingerprint density at radius 1 is 1.29 bits per heavy atom. The van der Waals surface area contributed by atoms with Crippen LogP contribution in [0.15, 0.2) is 46.3 Å². The molecule has 0 aliphatic heterocycles. The molecule has 1 amide bonds. The van der Waals surface area contributed by atoms with Gasteiger partial charge in [0.2, 0.25) is 15.9 Å². The molecule has 0 atom stereocenters. The Bertz CT molecular complexity index is 1170. The minimum absolute atomic E-state index is 0.107. The van der Waals surface area contributed by atoms with Crippen molar-refractivity contribution in [3.05, 3.63) is 57.7 Å². The van der Waals surface area contributed by atoms with Gasteiger partial charge in [0.25, 0.3) is 5.56 Å². The fourth-order valence-electron chi connectivity index (χ4n) is 2.41. The number of amides is 1. The first-order valence-corrected chi connectivity index (χ1v) is 10.7. The molecule has 2 N–H and O–H groups in total. The summed E-state index contributed by atoms with van der Waals surface area (Å²) >= 11 is 1.42. The molecular weight excluding hydrogens is 407 g/mol. The van der Waals surface area contributed by atoms with Crippen molar-refractivity contribution in [3.63, 3.8) is 0 Å². The molecule has 11 heteroatoms. The largest absolute Gasteiger partial charge is 0.280 e. The molecule has 0 aliphatic rings. The van der Waals surface area contributed by atoms with Gasteiger partial charge in [-0.2, -0.15) is 0 Å². The molecule has 0 saturated heterocycles. The number of nitrogens with one attached hydrogen (secondary N) is 2. The van der Waals surface area contributed by atoms with Crippen molar-refractivity contribution in [2.75, 3.05) is 12.0 Å². The highest BCUT2D eigenvalue weighted by molar-refractivity contribution is 7.89. The number of halogens is 1. The Kier molecular flexibility index (Phi) is 5.87. The number of carbonyl (C=O) groups is 1. The van der Waals surface area contributed by atoms with E-state index in [4.69, 9.17) is 0 Å². The predicted molar refractivity (Wildman–Crippen MR) is 104 cm³/mol. The summed E-state index contributed by atoms with van der Waals surface area (Å²) in [7, 11) is -3.86. The van der Waals surface area contributed by atoms with Gasteiger partial charge in [-0.1, -0.05) is 6.92 Å². The van der Waals surface area contributed by atoms with E-state index in [2.05, 4.69) is 15.1 Å². The maximum atomic E-state index is 12.9. The second-order valence-corrected chi connectivity index (χ2v) is 8.72. The number of carbonyl (C=O) groups excluding carboxylic acids is 1. The zero-order chi connectivity index (χ0) is 20.3. The summed E-state index contributed by atoms with van der Waals surface area (Å²) in [5.41, 5.74) is 1.98. The van der Waals surface area contributed by atoms with Gasteiger partial charge < -0.3 is 0 Å². The summed E-state index contributed by atoms with van der Waals surface area (Å²) in [6.45, 7) is 1.78. The molecule has 3 rings (SSSR count). The molecule has 2 heterocycles. The minimum Gasteiger partial charge on any atom is -0.273 e. The summed E-state index contributed by atoms with van der Waals surface area (Å²) in [5.74, 6) is -1.11. The molecule has 2 aromatic heterocycles. The van der Waals surface area contributed by atoms with Gasteiger partial charge in [0.05, 0.1) is 10.3 Å². The van der Waals surface area contributed by atoms with Crippen LogP contribution in [0.2, 0.25) is 0 Å². The molecule has 0 radical (unpaired) electrons. The zero-order valence-corrected chi connectivity index (χ0v) is 16.4. The standard InChI is InChI=1S/C17H17FN4O4S2/c1-2-12-9-14-16(27-12)19-10-22(17(14)24)21-15(23)7-8-20-28(25,26)13-5-3-11(18)4-6-13/h3-6,9-10,20H,2,7-8H2,1H3,(H,21,23). The third-order valence-electron chi connectivity index (χ3n) is 3.86. The Labute approximate surface area is 164 Å². The van der Waals surface area contributed by atoms with Gasteiger partial charge in [-0.05, 0) is 36.8 Å². The fourth-order valence-corrected chi connectivity index (χ4v) is 4.37. The quantitative estimate of drug-likeness (QED) is 0.599. The lowest BCUT2D eigenvalue weighted by atomic mass is 10.3. The summed E-state index contributed by atoms with van der Waals surface area (Å²) in [5, 5.41) is 0.418. The molecule has 0 fully saturated rings. The van der Waals surface area contributed by atoms with Crippen molar-refractivity contribution < 1.29 is 17.6 Å². The summed E-state index contributed by atoms with van der Waals surface area (Å²) < 4.78 is 40.3. The first kappa shape index (κ1) is 20.1. The summed E-state index contributed by atoms with van der Waals surface area (Å²) in [6, 6.07) is 6.07. The smallest absolute Gasteiger partial charge is 0.273 e. The molecule has 28 heavy (non-hydrogen) atoms. The van der Waals surface area contributed by atoms with Crippen LogP contribution >= 0.6 is 11.3 Å². The predicted octanol–water partition coefficient (Wildman–Crippen LogP) is 1.60. The molecule has 0 bridgehead atoms. The molecule has 8 nitrogen and oxygen atoms in total. The van der Waals surface area contributed by atoms with Crippen LogP contribution in [0.5, 0.6) is 0 Å². The number of rotatable bonds is 7. The summed E-state index contributed by atoms with van der Waals surface area (Å²) in [4.78, 5) is 30.1. The third-order valence-corrected chi connectivity index (χ3v) is 6.53. The highest BCUT2D eigenvalue weighted by Crippen LogP contribution is 2.20. The Morgan fingerprint density at radius 3 is 2.68 bits per heavy atom. The first-order valence-electron chi connectivity index (χ1n) is 8.35. The Morgan fingerprint density at radius 2 is 2.00 bits per heavy atom. The number of hydrogen-bond acceptors (Lipinski definition) is 6. The summed E-state index contributed by atoms with van der Waals surface area (Å²) in [6.07, 6.45) is 1.80. The second kappa shape index (κ2) is 8.17. The van der Waals surface area contributed by atoms with Crippen LogP contribution in [0.1, 0.15) is 18.2 Å². The minimum atomic E-state index is -3.86. The van der Waals surface area contributed by atoms with Crippen LogP contribution in [0.4, 0.5) is 4.39 Å². The number of nitrogens with zero attached hydrogens (tertiary/aromatic N) is 2. The second-order valence-electron chi connectivity index (χ2n) is 5.84. The molecule has 0 aliphatic carbocycles. The number of aromatic nitrogens is 2. The lowest BCUT2D eigenvalue weighted by Crippen LogP contribution is -2.35. The van der Waals surface area contributed by atoms with Gasteiger partial charge in [-0.3, -0.25) is 15.0 Å². The monoisotopic (exact) mass is 424 g/mol. The normalized spacial score (nSPS) is 11.6. The van der Waals surface area contributed by atoms with Crippen molar-refractivity contribution in [2.24, 2.45) is 0 Å². The van der Waals surface area contributed by atoms with Crippen LogP contribution in [-0.4, -0.2) is 30.5 Å². The SMILES string of the molecule is CCc1cc2c(=O)n(NC(=O)CCNS(=O)(=O)c3ccc(F)cc3)cnc2s1. The van der Waals surface area contributed by atoms with Crippen molar-refractivity contribution in [3.8, 4) is 0 Å². The Hall–Kier alpha value is -2.63. The highest BCUT2D eigenvalue weighted by Gasteiger charge is 2.15. The van der Waals surface area contributed by atoms with Gasteiger partial charge in [-0.25, -0.2) is 27.2 Å². The number of hydrogen-bond donors (Lipinski definition) is 2. The molecule has 3 aromatic rings. The van der Waals surface area contributed by atoms with E-state index in [1.807, 2.05) is 6.92 Å². The number of fused-ring (bicyclic) bond motifs is 1. The molecule has 1 aromatic carbocycles. The van der Waals surface area contributed by atoms with Crippen LogP contribution in [0.3, 0.4) is 0 Å². The maximum absolute atomic E-state index is 12.9. The van der Waals surface area contributed by atoms with Crippen LogP contribution in [0, 0.1) is 5.82 Å². The number of sulfonamides is 1. The topological polar surface area (TPSA) is 110 Å². The van der Waals surface area contributed by atoms with E-state index in [0.29, 0.717) is 10.2 Å². The van der Waals surface area contributed by atoms with Gasteiger partial charge >= 0.3 is 0 Å². The van der Waals surface area contributed by atoms with Gasteiger partial charge in [0.15, 0.2) is 0 Å². The number of aryl methyl sites for hydroxylation is 1. The van der Waals surface area contributed by atoms with E-state index in [1.165, 1.54) is 17.7 Å². The van der Waals surface area contributed by atoms with Crippen LogP contribution < -0.4 is 15.7 Å². The highest BCUT2D eigenvalue weighted by atomic mass is 32.2. The molecule has 0 saturated carbocycles. The lowest BCUT2D eigenvalue weighted by Gasteiger charge is -2.09. The van der Waals surface area contributed by atoms with Gasteiger partial charge in [0, 0.05) is 17.8 Å². The zero-order valence-electron chi connectivity index (χ0n) is 14.8. The van der Waals surface area contributed by atoms with E-state index >= 15 is 0 Å². The van der Waals surface area contributed by atoms with Crippen molar-refractivity contribution >= 4 is 37.5 Å². The van der Waals surface area contributed by atoms with E-state index in [1.54, 1.807) is 6.07 Å². The maximum Gasteiger partial charge on any atom is 0.280 e. The molecule has 148 valence electrons. The van der Waals surface area contributed by atoms with E-state index in [-0.39, 0.29) is 17.9 Å². The average molecular weight is 424 g/mol. The van der Waals surface area contributed by atoms with Crippen LogP contribution in [0.25, 0.3) is 10.2 Å². The van der Waals surface area contributed by atoms with Crippen molar-refractivity contribution in [1.82, 2.24) is 14.4 Å². The molecule has 0 spiro atoms. The van der Waals surface area contributed by atoms with E-state index < -0.39 is 27.3 Å². The third kappa shape index (κ3) is 4.43. The Balaban J connectivity index is 1.61. The van der Waals surface area contributed by atoms with Gasteiger partial charge in [0.1, 0.15) is 17.0 Å². The molecular formula is C17H17FN4O4S2. The number of benzene rings is 1. The van der Waals surface area contributed by atoms with Crippen LogP contribution in [-0.2, 0) is 21.2 Å². The first-order chi connectivity index (χ1) is 13.3. The van der Waals surface area contributed by atoms with E-state index in [0.717, 1.165) is 40.2 Å². The van der Waals surface area contributed by atoms with Crippen molar-refractivity contribution in [2.45, 2.75) is 24.7 Å². The lowest BCUT2D eigenvalue weighted by molar-refractivity contribution is -0.117. The van der Waals surface area contributed by atoms with Gasteiger partial charge in [-0.15, -0.1) is 11.3 Å². The fraction of sp³-hybridized carbons (Fsp3) is 0.235. The number of thiophene rings is 1.